The van der Waals surface area contributed by atoms with Gasteiger partial charge in [-0.25, -0.2) is 8.78 Å². The van der Waals surface area contributed by atoms with Crippen LogP contribution in [0, 0.1) is 17.3 Å². The monoisotopic (exact) mass is 219 g/mol. The molecule has 2 saturated carbocycles. The smallest absolute Gasteiger partial charge is 0.303 e. The van der Waals surface area contributed by atoms with Crippen LogP contribution in [0.3, 0.4) is 0 Å². The van der Waals surface area contributed by atoms with Gasteiger partial charge in [0.1, 0.15) is 0 Å². The van der Waals surface area contributed by atoms with Crippen molar-refractivity contribution in [1.82, 2.24) is 0 Å². The Kier molecular flexibility index (Phi) is 2.26. The van der Waals surface area contributed by atoms with Crippen LogP contribution in [-0.4, -0.2) is 23.5 Å². The zero-order chi connectivity index (χ0) is 11.3. The molecule has 5 heteroatoms. The van der Waals surface area contributed by atoms with Crippen molar-refractivity contribution in [2.75, 3.05) is 6.54 Å². The van der Waals surface area contributed by atoms with Gasteiger partial charge in [0.2, 0.25) is 5.92 Å². The summed E-state index contributed by atoms with van der Waals surface area (Å²) in [6, 6.07) is 0. The van der Waals surface area contributed by atoms with Gasteiger partial charge in [-0.2, -0.15) is 0 Å². The fraction of sp³-hybridized carbons (Fsp3) is 0.900. The minimum absolute atomic E-state index is 0.0112. The second-order valence-corrected chi connectivity index (χ2v) is 4.97. The summed E-state index contributed by atoms with van der Waals surface area (Å²) in [4.78, 5) is 10.7. The fourth-order valence-corrected chi connectivity index (χ4v) is 3.35. The Balaban J connectivity index is 2.10. The first kappa shape index (κ1) is 10.8. The summed E-state index contributed by atoms with van der Waals surface area (Å²) in [6.45, 7) is 0.205. The number of carboxylic acids is 1. The third-order valence-corrected chi connectivity index (χ3v) is 4.01. The molecule has 2 rings (SSSR count). The molecule has 0 radical (unpaired) electrons. The van der Waals surface area contributed by atoms with Crippen LogP contribution in [0.25, 0.3) is 0 Å². The van der Waals surface area contributed by atoms with E-state index in [2.05, 4.69) is 0 Å². The number of carbonyl (C=O) groups is 1. The van der Waals surface area contributed by atoms with Gasteiger partial charge in [0, 0.05) is 12.8 Å². The lowest BCUT2D eigenvalue weighted by Gasteiger charge is -2.51. The van der Waals surface area contributed by atoms with Crippen LogP contribution in [0.2, 0.25) is 0 Å². The van der Waals surface area contributed by atoms with Crippen molar-refractivity contribution < 1.29 is 18.7 Å². The topological polar surface area (TPSA) is 63.3 Å². The molecule has 0 aromatic rings. The van der Waals surface area contributed by atoms with Crippen LogP contribution in [-0.2, 0) is 4.79 Å². The van der Waals surface area contributed by atoms with Gasteiger partial charge in [-0.1, -0.05) is 0 Å². The molecule has 2 fully saturated rings. The summed E-state index contributed by atoms with van der Waals surface area (Å²) in [6.07, 6.45) is 0.220. The zero-order valence-electron chi connectivity index (χ0n) is 8.38. The second-order valence-electron chi connectivity index (χ2n) is 4.97. The number of nitrogens with two attached hydrogens (primary N) is 1. The average molecular weight is 219 g/mol. The molecule has 0 aliphatic heterocycles. The number of hydrogen-bond donors (Lipinski definition) is 2. The maximum atomic E-state index is 13.1. The van der Waals surface area contributed by atoms with Gasteiger partial charge in [-0.05, 0) is 30.2 Å². The summed E-state index contributed by atoms with van der Waals surface area (Å²) in [5, 5.41) is 8.75. The van der Waals surface area contributed by atoms with Crippen LogP contribution >= 0.6 is 0 Å². The Labute approximate surface area is 86.6 Å². The van der Waals surface area contributed by atoms with Gasteiger partial charge < -0.3 is 10.8 Å². The predicted molar refractivity (Wildman–Crippen MR) is 49.5 cm³/mol. The highest BCUT2D eigenvalue weighted by atomic mass is 19.3. The molecule has 86 valence electrons. The van der Waals surface area contributed by atoms with E-state index in [-0.39, 0.29) is 37.6 Å². The van der Waals surface area contributed by atoms with Crippen LogP contribution < -0.4 is 5.73 Å². The van der Waals surface area contributed by atoms with Crippen molar-refractivity contribution in [1.29, 1.82) is 0 Å². The van der Waals surface area contributed by atoms with Crippen molar-refractivity contribution in [3.8, 4) is 0 Å². The van der Waals surface area contributed by atoms with Crippen LogP contribution in [0.5, 0.6) is 0 Å². The van der Waals surface area contributed by atoms with Crippen molar-refractivity contribution in [2.45, 2.75) is 31.6 Å². The normalized spacial score (nSPS) is 42.1. The van der Waals surface area contributed by atoms with Crippen molar-refractivity contribution >= 4 is 5.97 Å². The van der Waals surface area contributed by atoms with E-state index >= 15 is 0 Å². The SMILES string of the molecule is NC[C@@]1(CC(=O)O)C[C@@H]2CC(F)(F)C[C@@H]21. The van der Waals surface area contributed by atoms with E-state index in [9.17, 15) is 13.6 Å². The maximum absolute atomic E-state index is 13.1. The molecule has 2 aliphatic rings. The molecule has 0 amide bonds. The van der Waals surface area contributed by atoms with Gasteiger partial charge in [-0.3, -0.25) is 4.79 Å². The lowest BCUT2D eigenvalue weighted by Crippen LogP contribution is -2.51. The van der Waals surface area contributed by atoms with E-state index in [0.29, 0.717) is 6.42 Å². The van der Waals surface area contributed by atoms with Gasteiger partial charge in [0.25, 0.3) is 0 Å². The molecule has 0 saturated heterocycles. The molecular weight excluding hydrogens is 204 g/mol. The molecule has 2 aliphatic carbocycles. The van der Waals surface area contributed by atoms with E-state index in [4.69, 9.17) is 10.8 Å². The number of carboxylic acid groups (broad SMARTS) is 1. The largest absolute Gasteiger partial charge is 0.481 e. The minimum Gasteiger partial charge on any atom is -0.481 e. The first-order valence-electron chi connectivity index (χ1n) is 5.18. The number of aliphatic carboxylic acids is 1. The van der Waals surface area contributed by atoms with Crippen molar-refractivity contribution in [3.05, 3.63) is 0 Å². The highest BCUT2D eigenvalue weighted by Gasteiger charge is 2.62. The highest BCUT2D eigenvalue weighted by molar-refractivity contribution is 5.68. The van der Waals surface area contributed by atoms with E-state index in [1.807, 2.05) is 0 Å². The quantitative estimate of drug-likeness (QED) is 0.755. The third kappa shape index (κ3) is 1.62. The molecule has 3 N–H and O–H groups in total. The lowest BCUT2D eigenvalue weighted by atomic mass is 9.53. The van der Waals surface area contributed by atoms with E-state index in [0.717, 1.165) is 0 Å². The number of halogens is 2. The molecule has 3 atom stereocenters. The first-order valence-corrected chi connectivity index (χ1v) is 5.18. The summed E-state index contributed by atoms with van der Waals surface area (Å²) in [5.41, 5.74) is 4.99. The number of alkyl halides is 2. The Morgan fingerprint density at radius 3 is 2.53 bits per heavy atom. The number of rotatable bonds is 3. The second kappa shape index (κ2) is 3.14. The van der Waals surface area contributed by atoms with E-state index in [1.165, 1.54) is 0 Å². The lowest BCUT2D eigenvalue weighted by molar-refractivity contribution is -0.145. The van der Waals surface area contributed by atoms with Crippen molar-refractivity contribution in [2.24, 2.45) is 23.0 Å². The number of fused-ring (bicyclic) bond motifs is 1. The third-order valence-electron chi connectivity index (χ3n) is 4.01. The van der Waals surface area contributed by atoms with Gasteiger partial charge in [0.05, 0.1) is 6.42 Å². The van der Waals surface area contributed by atoms with Gasteiger partial charge in [-0.15, -0.1) is 0 Å². The molecule has 0 aromatic carbocycles. The Hall–Kier alpha value is -0.710. The highest BCUT2D eigenvalue weighted by Crippen LogP contribution is 2.63. The van der Waals surface area contributed by atoms with Gasteiger partial charge in [0.15, 0.2) is 0 Å². The van der Waals surface area contributed by atoms with Crippen molar-refractivity contribution in [3.63, 3.8) is 0 Å². The summed E-state index contributed by atoms with van der Waals surface area (Å²) in [7, 11) is 0. The van der Waals surface area contributed by atoms with Crippen LogP contribution in [0.4, 0.5) is 8.78 Å². The fourth-order valence-electron chi connectivity index (χ4n) is 3.35. The minimum atomic E-state index is -2.61. The summed E-state index contributed by atoms with van der Waals surface area (Å²) in [5.74, 6) is -3.74. The maximum Gasteiger partial charge on any atom is 0.303 e. The molecule has 0 heterocycles. The molecule has 0 unspecified atom stereocenters. The van der Waals surface area contributed by atoms with Gasteiger partial charge >= 0.3 is 5.97 Å². The molecule has 15 heavy (non-hydrogen) atoms. The molecule has 0 spiro atoms. The summed E-state index contributed by atoms with van der Waals surface area (Å²) < 4.78 is 26.2. The van der Waals surface area contributed by atoms with E-state index in [1.54, 1.807) is 0 Å². The molecular formula is C10H15F2NO2. The Bertz CT molecular complexity index is 295. The number of hydrogen-bond acceptors (Lipinski definition) is 2. The Morgan fingerprint density at radius 2 is 2.07 bits per heavy atom. The molecule has 0 bridgehead atoms. The Morgan fingerprint density at radius 1 is 1.40 bits per heavy atom. The zero-order valence-corrected chi connectivity index (χ0v) is 8.38. The standard InChI is InChI=1S/C10H15F2NO2/c11-10(12)2-6-1-9(5-13,4-8(14)15)7(6)3-10/h6-7H,1-5,13H2,(H,14,15)/t6-,7+,9+/m1/s1. The average Bonchev–Trinajstić information content (AvgIpc) is 2.35. The predicted octanol–water partition coefficient (Wildman–Crippen LogP) is 1.47. The van der Waals surface area contributed by atoms with Crippen LogP contribution in [0.15, 0.2) is 0 Å². The summed E-state index contributed by atoms with van der Waals surface area (Å²) >= 11 is 0. The molecule has 0 aromatic heterocycles. The first-order chi connectivity index (χ1) is 6.88. The van der Waals surface area contributed by atoms with Crippen LogP contribution in [0.1, 0.15) is 25.7 Å². The molecule has 3 nitrogen and oxygen atoms in total. The van der Waals surface area contributed by atoms with E-state index < -0.39 is 17.3 Å².